The Bertz CT molecular complexity index is 279. The molecule has 0 heterocycles. The first kappa shape index (κ1) is 19.9. The molecule has 4 heteroatoms. The summed E-state index contributed by atoms with van der Waals surface area (Å²) in [6.45, 7) is 5.73. The third-order valence-electron chi connectivity index (χ3n) is 3.52. The van der Waals surface area contributed by atoms with Gasteiger partial charge in [-0.2, -0.15) is 0 Å². The first-order valence-electron chi connectivity index (χ1n) is 8.51. The second kappa shape index (κ2) is 13.9. The SMILES string of the molecule is CCCCCCCCCCCCOC(=O)[C@H](C)NC(C)=O. The molecular formula is C17H33NO3. The van der Waals surface area contributed by atoms with Gasteiger partial charge in [0.1, 0.15) is 6.04 Å². The van der Waals surface area contributed by atoms with Crippen LogP contribution in [0, 0.1) is 0 Å². The van der Waals surface area contributed by atoms with Gasteiger partial charge in [-0.1, -0.05) is 64.7 Å². The molecule has 1 N–H and O–H groups in total. The lowest BCUT2D eigenvalue weighted by Crippen LogP contribution is -2.38. The predicted molar refractivity (Wildman–Crippen MR) is 86.1 cm³/mol. The van der Waals surface area contributed by atoms with Crippen molar-refractivity contribution in [2.24, 2.45) is 0 Å². The van der Waals surface area contributed by atoms with Crippen LogP contribution in [0.1, 0.15) is 85.0 Å². The van der Waals surface area contributed by atoms with Gasteiger partial charge in [-0.25, -0.2) is 4.79 Å². The van der Waals surface area contributed by atoms with Crippen LogP contribution in [0.15, 0.2) is 0 Å². The summed E-state index contributed by atoms with van der Waals surface area (Å²) in [5.41, 5.74) is 0. The summed E-state index contributed by atoms with van der Waals surface area (Å²) in [5.74, 6) is -0.556. The Morgan fingerprint density at radius 3 is 1.86 bits per heavy atom. The minimum Gasteiger partial charge on any atom is -0.464 e. The summed E-state index contributed by atoms with van der Waals surface area (Å²) < 4.78 is 5.12. The van der Waals surface area contributed by atoms with Crippen LogP contribution < -0.4 is 5.32 Å². The first-order valence-corrected chi connectivity index (χ1v) is 8.51. The van der Waals surface area contributed by atoms with Gasteiger partial charge in [-0.3, -0.25) is 4.79 Å². The van der Waals surface area contributed by atoms with Gasteiger partial charge >= 0.3 is 5.97 Å². The van der Waals surface area contributed by atoms with Gasteiger partial charge in [0.15, 0.2) is 0 Å². The van der Waals surface area contributed by atoms with E-state index < -0.39 is 6.04 Å². The second-order valence-electron chi connectivity index (χ2n) is 5.77. The highest BCUT2D eigenvalue weighted by molar-refractivity contribution is 5.82. The molecule has 4 nitrogen and oxygen atoms in total. The number of amides is 1. The fourth-order valence-corrected chi connectivity index (χ4v) is 2.25. The van der Waals surface area contributed by atoms with E-state index in [9.17, 15) is 9.59 Å². The van der Waals surface area contributed by atoms with E-state index in [4.69, 9.17) is 4.74 Å². The zero-order valence-corrected chi connectivity index (χ0v) is 14.1. The number of nitrogens with one attached hydrogen (secondary N) is 1. The molecule has 0 saturated carbocycles. The number of rotatable bonds is 13. The lowest BCUT2D eigenvalue weighted by molar-refractivity contribution is -0.147. The largest absolute Gasteiger partial charge is 0.464 e. The molecule has 0 aliphatic rings. The molecule has 21 heavy (non-hydrogen) atoms. The molecule has 0 radical (unpaired) electrons. The second-order valence-corrected chi connectivity index (χ2v) is 5.77. The van der Waals surface area contributed by atoms with E-state index in [0.717, 1.165) is 12.8 Å². The van der Waals surface area contributed by atoms with Gasteiger partial charge in [-0.05, 0) is 13.3 Å². The molecule has 1 amide bonds. The molecule has 0 aromatic carbocycles. The first-order chi connectivity index (χ1) is 10.1. The van der Waals surface area contributed by atoms with Crippen LogP contribution >= 0.6 is 0 Å². The molecule has 0 fully saturated rings. The Kier molecular flexibility index (Phi) is 13.2. The van der Waals surface area contributed by atoms with Gasteiger partial charge in [0.25, 0.3) is 0 Å². The third-order valence-corrected chi connectivity index (χ3v) is 3.52. The molecular weight excluding hydrogens is 266 g/mol. The Balaban J connectivity index is 3.28. The molecule has 0 spiro atoms. The molecule has 1 atom stereocenters. The van der Waals surface area contributed by atoms with Gasteiger partial charge in [0, 0.05) is 6.92 Å². The van der Waals surface area contributed by atoms with Crippen molar-refractivity contribution >= 4 is 11.9 Å². The van der Waals surface area contributed by atoms with E-state index in [2.05, 4.69) is 12.2 Å². The molecule has 0 aromatic rings. The standard InChI is InChI=1S/C17H33NO3/c1-4-5-6-7-8-9-10-11-12-13-14-21-17(20)15(2)18-16(3)19/h15H,4-14H2,1-3H3,(H,18,19)/t15-/m0/s1. The van der Waals surface area contributed by atoms with Crippen LogP contribution in [-0.4, -0.2) is 24.5 Å². The van der Waals surface area contributed by atoms with Crippen molar-refractivity contribution in [3.05, 3.63) is 0 Å². The summed E-state index contributed by atoms with van der Waals surface area (Å²) >= 11 is 0. The van der Waals surface area contributed by atoms with Crippen molar-refractivity contribution in [3.63, 3.8) is 0 Å². The minimum absolute atomic E-state index is 0.210. The number of carbonyl (C=O) groups is 2. The fraction of sp³-hybridized carbons (Fsp3) is 0.882. The van der Waals surface area contributed by atoms with Crippen LogP contribution in [0.4, 0.5) is 0 Å². The average Bonchev–Trinajstić information content (AvgIpc) is 2.43. The topological polar surface area (TPSA) is 55.4 Å². The van der Waals surface area contributed by atoms with Crippen LogP contribution in [0.25, 0.3) is 0 Å². The Hall–Kier alpha value is -1.06. The summed E-state index contributed by atoms with van der Waals surface area (Å²) in [4.78, 5) is 22.3. The van der Waals surface area contributed by atoms with Crippen LogP contribution in [-0.2, 0) is 14.3 Å². The minimum atomic E-state index is -0.550. The van der Waals surface area contributed by atoms with Gasteiger partial charge < -0.3 is 10.1 Å². The van der Waals surface area contributed by atoms with Crippen molar-refractivity contribution in [2.45, 2.75) is 91.0 Å². The van der Waals surface area contributed by atoms with Crippen molar-refractivity contribution in [2.75, 3.05) is 6.61 Å². The van der Waals surface area contributed by atoms with E-state index in [-0.39, 0.29) is 11.9 Å². The highest BCUT2D eigenvalue weighted by Crippen LogP contribution is 2.10. The summed E-state index contributed by atoms with van der Waals surface area (Å²) in [7, 11) is 0. The van der Waals surface area contributed by atoms with E-state index in [0.29, 0.717) is 6.61 Å². The van der Waals surface area contributed by atoms with Gasteiger partial charge in [-0.15, -0.1) is 0 Å². The quantitative estimate of drug-likeness (QED) is 0.413. The van der Waals surface area contributed by atoms with Crippen LogP contribution in [0.5, 0.6) is 0 Å². The predicted octanol–water partition coefficient (Wildman–Crippen LogP) is 3.98. The molecule has 124 valence electrons. The number of ether oxygens (including phenoxy) is 1. The van der Waals surface area contributed by atoms with Gasteiger partial charge in [0.2, 0.25) is 5.91 Å². The highest BCUT2D eigenvalue weighted by Gasteiger charge is 2.14. The van der Waals surface area contributed by atoms with E-state index in [1.807, 2.05) is 0 Å². The van der Waals surface area contributed by atoms with Crippen LogP contribution in [0.3, 0.4) is 0 Å². The maximum absolute atomic E-state index is 11.5. The third kappa shape index (κ3) is 13.7. The highest BCUT2D eigenvalue weighted by atomic mass is 16.5. The monoisotopic (exact) mass is 299 g/mol. The van der Waals surface area contributed by atoms with Crippen molar-refractivity contribution in [1.82, 2.24) is 5.32 Å². The number of esters is 1. The fourth-order valence-electron chi connectivity index (χ4n) is 2.25. The maximum Gasteiger partial charge on any atom is 0.328 e. The van der Waals surface area contributed by atoms with Crippen LogP contribution in [0.2, 0.25) is 0 Å². The molecule has 0 rings (SSSR count). The zero-order valence-electron chi connectivity index (χ0n) is 14.1. The summed E-state index contributed by atoms with van der Waals surface area (Å²) in [6, 6.07) is -0.550. The zero-order chi connectivity index (χ0) is 15.9. The van der Waals surface area contributed by atoms with E-state index in [1.165, 1.54) is 58.3 Å². The van der Waals surface area contributed by atoms with Crippen molar-refractivity contribution < 1.29 is 14.3 Å². The lowest BCUT2D eigenvalue weighted by atomic mass is 10.1. The Morgan fingerprint density at radius 2 is 1.38 bits per heavy atom. The van der Waals surface area contributed by atoms with E-state index in [1.54, 1.807) is 6.92 Å². The van der Waals surface area contributed by atoms with E-state index >= 15 is 0 Å². The average molecular weight is 299 g/mol. The van der Waals surface area contributed by atoms with Gasteiger partial charge in [0.05, 0.1) is 6.61 Å². The molecule has 0 aliphatic heterocycles. The molecule has 0 saturated heterocycles. The molecule has 0 aromatic heterocycles. The number of hydrogen-bond acceptors (Lipinski definition) is 3. The summed E-state index contributed by atoms with van der Waals surface area (Å²) in [5, 5.41) is 2.52. The number of carbonyl (C=O) groups excluding carboxylic acids is 2. The summed E-state index contributed by atoms with van der Waals surface area (Å²) in [6.07, 6.45) is 12.6. The smallest absolute Gasteiger partial charge is 0.328 e. The Morgan fingerprint density at radius 1 is 0.905 bits per heavy atom. The van der Waals surface area contributed by atoms with Crippen molar-refractivity contribution in [1.29, 1.82) is 0 Å². The molecule has 0 aliphatic carbocycles. The Labute approximate surface area is 130 Å². The van der Waals surface area contributed by atoms with Crippen molar-refractivity contribution in [3.8, 4) is 0 Å². The normalized spacial score (nSPS) is 12.0. The molecule has 0 bridgehead atoms. The number of unbranched alkanes of at least 4 members (excludes halogenated alkanes) is 9. The molecule has 0 unspecified atom stereocenters. The number of hydrogen-bond donors (Lipinski definition) is 1. The maximum atomic E-state index is 11.5. The lowest BCUT2D eigenvalue weighted by Gasteiger charge is -2.11.